The summed E-state index contributed by atoms with van der Waals surface area (Å²) >= 11 is 0. The lowest BCUT2D eigenvalue weighted by Gasteiger charge is -2.12. The predicted molar refractivity (Wildman–Crippen MR) is 182 cm³/mol. The average Bonchev–Trinajstić information content (AvgIpc) is 3.77. The Kier molecular flexibility index (Phi) is 5.56. The molecular formula is C40H31N5+2. The smallest absolute Gasteiger partial charge is 0.248 e. The number of fused-ring (bicyclic) bond motifs is 7. The van der Waals surface area contributed by atoms with Crippen molar-refractivity contribution >= 4 is 43.6 Å². The van der Waals surface area contributed by atoms with Crippen molar-refractivity contribution in [2.45, 2.75) is 0 Å². The van der Waals surface area contributed by atoms with Crippen molar-refractivity contribution in [3.05, 3.63) is 152 Å². The van der Waals surface area contributed by atoms with Gasteiger partial charge < -0.3 is 9.13 Å². The fourth-order valence-corrected chi connectivity index (χ4v) is 6.92. The van der Waals surface area contributed by atoms with Crippen molar-refractivity contribution < 1.29 is 9.13 Å². The maximum atomic E-state index is 2.45. The van der Waals surface area contributed by atoms with Crippen molar-refractivity contribution in [1.82, 2.24) is 13.7 Å². The normalized spacial score (nSPS) is 11.8. The highest BCUT2D eigenvalue weighted by Gasteiger charge is 2.22. The number of nitrogens with zero attached hydrogens (tertiary/aromatic N) is 5. The van der Waals surface area contributed by atoms with E-state index < -0.39 is 0 Å². The van der Waals surface area contributed by atoms with Crippen LogP contribution in [0.3, 0.4) is 0 Å². The Balaban J connectivity index is 1.45. The zero-order valence-electron chi connectivity index (χ0n) is 25.2. The third kappa shape index (κ3) is 3.94. The van der Waals surface area contributed by atoms with Crippen molar-refractivity contribution in [3.8, 4) is 28.2 Å². The highest BCUT2D eigenvalue weighted by Crippen LogP contribution is 2.42. The van der Waals surface area contributed by atoms with E-state index >= 15 is 0 Å². The molecule has 214 valence electrons. The maximum Gasteiger partial charge on any atom is 0.248 e. The lowest BCUT2D eigenvalue weighted by atomic mass is 10.0. The molecule has 0 aliphatic rings. The van der Waals surface area contributed by atoms with Crippen LogP contribution in [-0.4, -0.2) is 13.7 Å². The quantitative estimate of drug-likeness (QED) is 0.188. The molecule has 0 amide bonds. The summed E-state index contributed by atoms with van der Waals surface area (Å²) < 4.78 is 11.2. The molecule has 0 saturated heterocycles. The molecular weight excluding hydrogens is 550 g/mol. The van der Waals surface area contributed by atoms with Gasteiger partial charge in [0.2, 0.25) is 6.33 Å². The summed E-state index contributed by atoms with van der Waals surface area (Å²) in [5.74, 6) is 0. The fraction of sp³-hybridized carbons (Fsp3) is 0.0500. The molecule has 45 heavy (non-hydrogen) atoms. The molecule has 4 heterocycles. The van der Waals surface area contributed by atoms with Gasteiger partial charge in [-0.3, -0.25) is 0 Å². The molecule has 0 unspecified atom stereocenters. The van der Waals surface area contributed by atoms with Crippen LogP contribution in [-0.2, 0) is 14.1 Å². The van der Waals surface area contributed by atoms with Crippen LogP contribution < -0.4 is 9.13 Å². The third-order valence-corrected chi connectivity index (χ3v) is 9.04. The van der Waals surface area contributed by atoms with Gasteiger partial charge in [0.25, 0.3) is 0 Å². The molecule has 9 rings (SSSR count). The van der Waals surface area contributed by atoms with E-state index in [4.69, 9.17) is 0 Å². The summed E-state index contributed by atoms with van der Waals surface area (Å²) in [5.41, 5.74) is 10.6. The second-order valence-electron chi connectivity index (χ2n) is 11.9. The van der Waals surface area contributed by atoms with E-state index in [2.05, 4.69) is 189 Å². The average molecular weight is 582 g/mol. The first-order valence-electron chi connectivity index (χ1n) is 15.3. The molecule has 0 N–H and O–H groups in total. The van der Waals surface area contributed by atoms with Gasteiger partial charge in [-0.25, -0.2) is 13.7 Å². The van der Waals surface area contributed by atoms with E-state index in [1.165, 1.54) is 54.7 Å². The summed E-state index contributed by atoms with van der Waals surface area (Å²) in [7, 11) is 4.11. The Morgan fingerprint density at radius 3 is 1.60 bits per heavy atom. The number of hydrogen-bond acceptors (Lipinski definition) is 0. The van der Waals surface area contributed by atoms with Crippen LogP contribution in [0.5, 0.6) is 0 Å². The number of imidazole rings is 1. The predicted octanol–water partition coefficient (Wildman–Crippen LogP) is 7.99. The molecule has 0 aliphatic carbocycles. The van der Waals surface area contributed by atoms with Gasteiger partial charge in [0.05, 0.1) is 29.1 Å². The van der Waals surface area contributed by atoms with Crippen LogP contribution in [0.1, 0.15) is 0 Å². The first-order chi connectivity index (χ1) is 22.1. The van der Waals surface area contributed by atoms with Gasteiger partial charge in [-0.1, -0.05) is 54.6 Å². The van der Waals surface area contributed by atoms with Gasteiger partial charge >= 0.3 is 0 Å². The zero-order chi connectivity index (χ0) is 30.1. The Morgan fingerprint density at radius 1 is 0.444 bits per heavy atom. The van der Waals surface area contributed by atoms with Gasteiger partial charge in [0.1, 0.15) is 25.1 Å². The topological polar surface area (TPSA) is 22.5 Å². The Labute approximate surface area is 260 Å². The van der Waals surface area contributed by atoms with Gasteiger partial charge in [0, 0.05) is 45.1 Å². The SMILES string of the molecule is C[n+]1ccc(-c2ccc3c(c2)c2ccc4c5cc(-n6cc[n+](C)c6)ccc5n(-c5ccccc5)c4c2n3-c2ccccc2)cc1. The number of hydrogen-bond donors (Lipinski definition) is 0. The number of aromatic nitrogens is 5. The second-order valence-corrected chi connectivity index (χ2v) is 11.9. The molecule has 0 spiro atoms. The van der Waals surface area contributed by atoms with Crippen LogP contribution in [0.25, 0.3) is 71.8 Å². The number of rotatable bonds is 4. The molecule has 0 aliphatic heterocycles. The van der Waals surface area contributed by atoms with Gasteiger partial charge in [-0.15, -0.1) is 0 Å². The standard InChI is InChI=1S/C40H31N5/c1-41-21-19-28(20-22-41)29-13-17-37-35(25-29)33-15-16-34-36-26-32(43-24-23-42(2)27-43)14-18-38(36)45(31-11-7-4-8-12-31)40(34)39(33)44(37)30-9-5-3-6-10-30/h3-27H,1-2H3/q+2. The van der Waals surface area contributed by atoms with E-state index in [1.807, 2.05) is 0 Å². The molecule has 0 radical (unpaired) electrons. The first kappa shape index (κ1) is 25.5. The zero-order valence-corrected chi connectivity index (χ0v) is 25.2. The molecule has 5 heteroatoms. The molecule has 0 fully saturated rings. The minimum Gasteiger partial charge on any atom is -0.307 e. The Morgan fingerprint density at radius 2 is 1.02 bits per heavy atom. The van der Waals surface area contributed by atoms with Crippen LogP contribution in [0.2, 0.25) is 0 Å². The van der Waals surface area contributed by atoms with Crippen molar-refractivity contribution in [2.75, 3.05) is 0 Å². The monoisotopic (exact) mass is 581 g/mol. The summed E-state index contributed by atoms with van der Waals surface area (Å²) in [5, 5.41) is 4.94. The number of pyridine rings is 1. The number of para-hydroxylation sites is 2. The summed E-state index contributed by atoms with van der Waals surface area (Å²) in [4.78, 5) is 0. The van der Waals surface area contributed by atoms with Crippen molar-refractivity contribution in [2.24, 2.45) is 14.1 Å². The van der Waals surface area contributed by atoms with Crippen molar-refractivity contribution in [1.29, 1.82) is 0 Å². The van der Waals surface area contributed by atoms with E-state index in [1.54, 1.807) is 0 Å². The minimum absolute atomic E-state index is 1.14. The lowest BCUT2D eigenvalue weighted by Crippen LogP contribution is -2.25. The summed E-state index contributed by atoms with van der Waals surface area (Å²) in [6, 6.07) is 44.3. The molecule has 4 aromatic heterocycles. The van der Waals surface area contributed by atoms with Crippen LogP contribution >= 0.6 is 0 Å². The Bertz CT molecular complexity index is 2530. The van der Waals surface area contributed by atoms with Gasteiger partial charge in [-0.2, -0.15) is 0 Å². The highest BCUT2D eigenvalue weighted by atomic mass is 15.1. The third-order valence-electron chi connectivity index (χ3n) is 9.04. The van der Waals surface area contributed by atoms with Crippen LogP contribution in [0, 0.1) is 0 Å². The van der Waals surface area contributed by atoms with Gasteiger partial charge in [-0.05, 0) is 65.7 Å². The summed E-state index contributed by atoms with van der Waals surface area (Å²) in [6.07, 6.45) is 10.5. The molecule has 5 aromatic carbocycles. The van der Waals surface area contributed by atoms with E-state index in [0.29, 0.717) is 0 Å². The van der Waals surface area contributed by atoms with E-state index in [-0.39, 0.29) is 0 Å². The Hall–Kier alpha value is -5.94. The summed E-state index contributed by atoms with van der Waals surface area (Å²) in [6.45, 7) is 0. The van der Waals surface area contributed by atoms with E-state index in [9.17, 15) is 0 Å². The van der Waals surface area contributed by atoms with Gasteiger partial charge in [0.15, 0.2) is 12.4 Å². The molecule has 0 atom stereocenters. The largest absolute Gasteiger partial charge is 0.307 e. The minimum atomic E-state index is 1.14. The lowest BCUT2D eigenvalue weighted by molar-refractivity contribution is -0.671. The van der Waals surface area contributed by atoms with Crippen LogP contribution in [0.4, 0.5) is 0 Å². The number of benzene rings is 5. The maximum absolute atomic E-state index is 2.45. The first-order valence-corrected chi connectivity index (χ1v) is 15.3. The highest BCUT2D eigenvalue weighted by molar-refractivity contribution is 6.24. The number of aryl methyl sites for hydroxylation is 2. The second kappa shape index (κ2) is 9.79. The molecule has 5 nitrogen and oxygen atoms in total. The van der Waals surface area contributed by atoms with Crippen LogP contribution in [0.15, 0.2) is 152 Å². The fourth-order valence-electron chi connectivity index (χ4n) is 6.92. The van der Waals surface area contributed by atoms with E-state index in [0.717, 1.165) is 17.1 Å². The molecule has 0 bridgehead atoms. The molecule has 0 saturated carbocycles. The van der Waals surface area contributed by atoms with Crippen molar-refractivity contribution in [3.63, 3.8) is 0 Å². The molecule has 9 aromatic rings.